The summed E-state index contributed by atoms with van der Waals surface area (Å²) >= 11 is 0. The molecule has 1 aliphatic heterocycles. The molecule has 2 heterocycles. The number of nitrogens with one attached hydrogen (secondary N) is 1. The lowest BCUT2D eigenvalue weighted by Gasteiger charge is -2.32. The molecule has 0 atom stereocenters. The van der Waals surface area contributed by atoms with Crippen LogP contribution in [0.2, 0.25) is 0 Å². The van der Waals surface area contributed by atoms with Crippen LogP contribution in [0.5, 0.6) is 5.75 Å². The van der Waals surface area contributed by atoms with Crippen molar-refractivity contribution in [3.8, 4) is 5.75 Å². The van der Waals surface area contributed by atoms with E-state index in [1.54, 1.807) is 13.3 Å². The number of amides is 1. The van der Waals surface area contributed by atoms with E-state index in [1.165, 1.54) is 0 Å². The number of methoxy groups -OCH3 is 1. The van der Waals surface area contributed by atoms with E-state index in [1.807, 2.05) is 13.0 Å². The lowest BCUT2D eigenvalue weighted by Crippen LogP contribution is -2.43. The fourth-order valence-electron chi connectivity index (χ4n) is 2.50. The number of anilines is 1. The molecule has 0 bridgehead atoms. The number of likely N-dealkylation sites (tertiary alicyclic amines) is 1. The summed E-state index contributed by atoms with van der Waals surface area (Å²) in [7, 11) is 1.65. The number of hydrogen-bond donors (Lipinski definition) is 2. The lowest BCUT2D eigenvalue weighted by molar-refractivity contribution is -0.119. The number of nitrogens with two attached hydrogens (primary N) is 1. The zero-order valence-corrected chi connectivity index (χ0v) is 12.1. The number of carbonyl (C=O) groups is 1. The number of carbonyl (C=O) groups excluding carboxylic acids is 1. The molecule has 6 heteroatoms. The van der Waals surface area contributed by atoms with E-state index in [9.17, 15) is 4.79 Å². The van der Waals surface area contributed by atoms with Gasteiger partial charge in [0.05, 0.1) is 25.5 Å². The maximum absolute atomic E-state index is 10.9. The molecule has 0 aromatic carbocycles. The summed E-state index contributed by atoms with van der Waals surface area (Å²) in [5.41, 5.74) is 7.15. The average molecular weight is 278 g/mol. The number of aromatic nitrogens is 1. The zero-order valence-electron chi connectivity index (χ0n) is 12.1. The molecular weight excluding hydrogens is 256 g/mol. The van der Waals surface area contributed by atoms with Gasteiger partial charge in [-0.05, 0) is 25.8 Å². The van der Waals surface area contributed by atoms with Gasteiger partial charge < -0.3 is 15.8 Å². The minimum absolute atomic E-state index is 0.261. The smallest absolute Gasteiger partial charge is 0.231 e. The fourth-order valence-corrected chi connectivity index (χ4v) is 2.50. The first kappa shape index (κ1) is 14.6. The van der Waals surface area contributed by atoms with E-state index in [0.29, 0.717) is 12.6 Å². The van der Waals surface area contributed by atoms with Crippen LogP contribution in [0.25, 0.3) is 0 Å². The van der Waals surface area contributed by atoms with E-state index in [-0.39, 0.29) is 5.91 Å². The minimum atomic E-state index is -0.261. The third-order valence-electron chi connectivity index (χ3n) is 3.55. The topological polar surface area (TPSA) is 80.5 Å². The Balaban J connectivity index is 1.92. The molecule has 0 saturated carbocycles. The highest BCUT2D eigenvalue weighted by Gasteiger charge is 2.20. The van der Waals surface area contributed by atoms with Crippen molar-refractivity contribution < 1.29 is 9.53 Å². The van der Waals surface area contributed by atoms with E-state index in [4.69, 9.17) is 10.5 Å². The predicted octanol–water partition coefficient (Wildman–Crippen LogP) is 0.760. The molecule has 2 rings (SSSR count). The van der Waals surface area contributed by atoms with Crippen molar-refractivity contribution in [3.63, 3.8) is 0 Å². The SMILES string of the molecule is COc1cnc(C)cc1NC1CCN(CC(N)=O)CC1. The standard InChI is InChI=1S/C14H22N4O2/c1-10-7-12(13(20-2)8-16-10)17-11-3-5-18(6-4-11)9-14(15)19/h7-8,11H,3-6,9H2,1-2H3,(H2,15,19)(H,16,17). The van der Waals surface area contributed by atoms with Gasteiger partial charge in [-0.15, -0.1) is 0 Å². The lowest BCUT2D eigenvalue weighted by atomic mass is 10.0. The van der Waals surface area contributed by atoms with Crippen LogP contribution < -0.4 is 15.8 Å². The van der Waals surface area contributed by atoms with Crippen LogP contribution in [0.3, 0.4) is 0 Å². The second-order valence-corrected chi connectivity index (χ2v) is 5.19. The molecule has 1 fully saturated rings. The number of primary amides is 1. The van der Waals surface area contributed by atoms with Crippen molar-refractivity contribution in [1.82, 2.24) is 9.88 Å². The quantitative estimate of drug-likeness (QED) is 0.831. The Bertz CT molecular complexity index is 470. The molecule has 0 spiro atoms. The monoisotopic (exact) mass is 278 g/mol. The summed E-state index contributed by atoms with van der Waals surface area (Å²) in [4.78, 5) is 17.2. The number of piperidine rings is 1. The average Bonchev–Trinajstić information content (AvgIpc) is 2.41. The van der Waals surface area contributed by atoms with Crippen molar-refractivity contribution in [2.24, 2.45) is 5.73 Å². The van der Waals surface area contributed by atoms with E-state index in [0.717, 1.165) is 43.1 Å². The Labute approximate surface area is 119 Å². The molecule has 1 amide bonds. The van der Waals surface area contributed by atoms with Gasteiger partial charge in [-0.25, -0.2) is 0 Å². The summed E-state index contributed by atoms with van der Waals surface area (Å²) in [6.07, 6.45) is 3.70. The number of hydrogen-bond acceptors (Lipinski definition) is 5. The van der Waals surface area contributed by atoms with Crippen LogP contribution >= 0.6 is 0 Å². The van der Waals surface area contributed by atoms with Gasteiger partial charge >= 0.3 is 0 Å². The number of ether oxygens (including phenoxy) is 1. The van der Waals surface area contributed by atoms with Gasteiger partial charge in [-0.2, -0.15) is 0 Å². The third-order valence-corrected chi connectivity index (χ3v) is 3.55. The van der Waals surface area contributed by atoms with Crippen LogP contribution in [-0.2, 0) is 4.79 Å². The Morgan fingerprint density at radius 1 is 1.55 bits per heavy atom. The highest BCUT2D eigenvalue weighted by molar-refractivity contribution is 5.75. The van der Waals surface area contributed by atoms with Crippen molar-refractivity contribution in [2.75, 3.05) is 32.1 Å². The van der Waals surface area contributed by atoms with Gasteiger partial charge in [0.1, 0.15) is 0 Å². The van der Waals surface area contributed by atoms with Crippen molar-refractivity contribution in [2.45, 2.75) is 25.8 Å². The molecule has 0 aliphatic carbocycles. The Hall–Kier alpha value is -1.82. The molecule has 1 aromatic heterocycles. The summed E-state index contributed by atoms with van der Waals surface area (Å²) < 4.78 is 5.32. The summed E-state index contributed by atoms with van der Waals surface area (Å²) in [5.74, 6) is 0.498. The molecule has 1 aliphatic rings. The second-order valence-electron chi connectivity index (χ2n) is 5.19. The van der Waals surface area contributed by atoms with Crippen LogP contribution in [-0.4, -0.2) is 48.6 Å². The van der Waals surface area contributed by atoms with Crippen LogP contribution in [0.15, 0.2) is 12.3 Å². The van der Waals surface area contributed by atoms with Gasteiger partial charge in [-0.1, -0.05) is 0 Å². The van der Waals surface area contributed by atoms with Gasteiger partial charge in [0, 0.05) is 24.8 Å². The summed E-state index contributed by atoms with van der Waals surface area (Å²) in [5, 5.41) is 3.51. The maximum Gasteiger partial charge on any atom is 0.231 e. The third kappa shape index (κ3) is 3.84. The minimum Gasteiger partial charge on any atom is -0.493 e. The molecule has 1 saturated heterocycles. The predicted molar refractivity (Wildman–Crippen MR) is 77.8 cm³/mol. The van der Waals surface area contributed by atoms with Crippen LogP contribution in [0, 0.1) is 6.92 Å². The van der Waals surface area contributed by atoms with Crippen LogP contribution in [0.4, 0.5) is 5.69 Å². The zero-order chi connectivity index (χ0) is 14.5. The highest BCUT2D eigenvalue weighted by atomic mass is 16.5. The molecule has 1 aromatic rings. The second kappa shape index (κ2) is 6.56. The molecular formula is C14H22N4O2. The van der Waals surface area contributed by atoms with E-state index < -0.39 is 0 Å². The Kier molecular flexibility index (Phi) is 4.79. The molecule has 0 unspecified atom stereocenters. The molecule has 3 N–H and O–H groups in total. The fraction of sp³-hybridized carbons (Fsp3) is 0.571. The summed E-state index contributed by atoms with van der Waals surface area (Å²) in [6.45, 7) is 4.07. The van der Waals surface area contributed by atoms with Crippen molar-refractivity contribution in [1.29, 1.82) is 0 Å². The number of aryl methyl sites for hydroxylation is 1. The van der Waals surface area contributed by atoms with E-state index >= 15 is 0 Å². The largest absolute Gasteiger partial charge is 0.493 e. The highest BCUT2D eigenvalue weighted by Crippen LogP contribution is 2.26. The van der Waals surface area contributed by atoms with Crippen molar-refractivity contribution in [3.05, 3.63) is 18.0 Å². The maximum atomic E-state index is 10.9. The first-order chi connectivity index (χ1) is 9.58. The number of nitrogens with zero attached hydrogens (tertiary/aromatic N) is 2. The number of rotatable bonds is 5. The molecule has 6 nitrogen and oxygen atoms in total. The van der Waals surface area contributed by atoms with Crippen molar-refractivity contribution >= 4 is 11.6 Å². The van der Waals surface area contributed by atoms with E-state index in [2.05, 4.69) is 15.2 Å². The first-order valence-electron chi connectivity index (χ1n) is 6.86. The Morgan fingerprint density at radius 3 is 2.85 bits per heavy atom. The van der Waals surface area contributed by atoms with Crippen LogP contribution in [0.1, 0.15) is 18.5 Å². The Morgan fingerprint density at radius 2 is 2.25 bits per heavy atom. The first-order valence-corrected chi connectivity index (χ1v) is 6.86. The summed E-state index contributed by atoms with van der Waals surface area (Å²) in [6, 6.07) is 2.38. The number of pyridine rings is 1. The van der Waals surface area contributed by atoms with Gasteiger partial charge in [-0.3, -0.25) is 14.7 Å². The molecule has 0 radical (unpaired) electrons. The van der Waals surface area contributed by atoms with Gasteiger partial charge in [0.15, 0.2) is 5.75 Å². The molecule has 110 valence electrons. The van der Waals surface area contributed by atoms with Gasteiger partial charge in [0.2, 0.25) is 5.91 Å². The normalized spacial score (nSPS) is 16.9. The van der Waals surface area contributed by atoms with Gasteiger partial charge in [0.25, 0.3) is 0 Å². The molecule has 20 heavy (non-hydrogen) atoms.